The van der Waals surface area contributed by atoms with Gasteiger partial charge in [-0.15, -0.1) is 0 Å². The summed E-state index contributed by atoms with van der Waals surface area (Å²) in [7, 11) is 0. The zero-order valence-corrected chi connectivity index (χ0v) is 8.57. The fourth-order valence-corrected chi connectivity index (χ4v) is 1.49. The van der Waals surface area contributed by atoms with Gasteiger partial charge in [-0.25, -0.2) is 0 Å². The van der Waals surface area contributed by atoms with Gasteiger partial charge >= 0.3 is 6.18 Å². The zero-order chi connectivity index (χ0) is 12.5. The number of alkyl halides is 3. The maximum Gasteiger partial charge on any atom is 0.416 e. The smallest absolute Gasteiger partial charge is 0.416 e. The van der Waals surface area contributed by atoms with E-state index in [1.54, 1.807) is 12.1 Å². The Kier molecular flexibility index (Phi) is 2.75. The number of hydrogen-bond donors (Lipinski definition) is 1. The molecule has 0 bridgehead atoms. The van der Waals surface area contributed by atoms with Gasteiger partial charge in [0.05, 0.1) is 5.56 Å². The minimum Gasteiger partial charge on any atom is -0.508 e. The molecule has 0 amide bonds. The number of benzene rings is 1. The molecule has 0 radical (unpaired) electrons. The molecule has 1 N–H and O–H groups in total. The Morgan fingerprint density at radius 1 is 0.941 bits per heavy atom. The van der Waals surface area contributed by atoms with E-state index in [1.165, 1.54) is 18.5 Å². The fourth-order valence-electron chi connectivity index (χ4n) is 1.49. The van der Waals surface area contributed by atoms with E-state index in [2.05, 4.69) is 4.98 Å². The predicted molar refractivity (Wildman–Crippen MR) is 56.3 cm³/mol. The van der Waals surface area contributed by atoms with E-state index in [-0.39, 0.29) is 0 Å². The van der Waals surface area contributed by atoms with Crippen LogP contribution in [0.5, 0.6) is 5.75 Å². The molecule has 0 saturated carbocycles. The van der Waals surface area contributed by atoms with E-state index in [1.807, 2.05) is 0 Å². The van der Waals surface area contributed by atoms with Crippen molar-refractivity contribution < 1.29 is 18.3 Å². The van der Waals surface area contributed by atoms with Crippen molar-refractivity contribution in [3.63, 3.8) is 0 Å². The summed E-state index contributed by atoms with van der Waals surface area (Å²) < 4.78 is 37.6. The minimum absolute atomic E-state index is 0.305. The number of phenols is 1. The highest BCUT2D eigenvalue weighted by atomic mass is 19.4. The van der Waals surface area contributed by atoms with Gasteiger partial charge in [-0.1, -0.05) is 0 Å². The summed E-state index contributed by atoms with van der Waals surface area (Å²) in [5.41, 5.74) is 0.00503. The molecule has 0 aliphatic carbocycles. The molecule has 2 nitrogen and oxygen atoms in total. The van der Waals surface area contributed by atoms with Crippen LogP contribution in [0.1, 0.15) is 5.56 Å². The average molecular weight is 239 g/mol. The Balaban J connectivity index is 2.54. The van der Waals surface area contributed by atoms with Crippen molar-refractivity contribution in [3.05, 3.63) is 48.3 Å². The van der Waals surface area contributed by atoms with Crippen molar-refractivity contribution in [2.45, 2.75) is 6.18 Å². The topological polar surface area (TPSA) is 33.1 Å². The quantitative estimate of drug-likeness (QED) is 0.826. The van der Waals surface area contributed by atoms with E-state index < -0.39 is 17.5 Å². The van der Waals surface area contributed by atoms with Crippen molar-refractivity contribution in [2.75, 3.05) is 0 Å². The first-order valence-electron chi connectivity index (χ1n) is 4.78. The Morgan fingerprint density at radius 2 is 1.59 bits per heavy atom. The molecule has 2 aromatic rings. The molecular formula is C12H8F3NO. The average Bonchev–Trinajstić information content (AvgIpc) is 2.28. The van der Waals surface area contributed by atoms with Crippen LogP contribution in [0, 0.1) is 0 Å². The van der Waals surface area contributed by atoms with E-state index >= 15 is 0 Å². The van der Waals surface area contributed by atoms with Crippen LogP contribution in [0.2, 0.25) is 0 Å². The molecule has 0 aliphatic heterocycles. The van der Waals surface area contributed by atoms with Gasteiger partial charge in [0.1, 0.15) is 5.75 Å². The van der Waals surface area contributed by atoms with Crippen LogP contribution >= 0.6 is 0 Å². The molecule has 0 unspecified atom stereocenters. The monoisotopic (exact) mass is 239 g/mol. The molecular weight excluding hydrogens is 231 g/mol. The Hall–Kier alpha value is -2.04. The fraction of sp³-hybridized carbons (Fsp3) is 0.0833. The zero-order valence-electron chi connectivity index (χ0n) is 8.57. The highest BCUT2D eigenvalue weighted by Gasteiger charge is 2.31. The molecule has 5 heteroatoms. The molecule has 1 aromatic carbocycles. The van der Waals surface area contributed by atoms with Gasteiger partial charge in [-0.3, -0.25) is 4.98 Å². The van der Waals surface area contributed by atoms with Crippen LogP contribution in [0.25, 0.3) is 11.1 Å². The summed E-state index contributed by atoms with van der Waals surface area (Å²) in [6, 6.07) is 6.13. The van der Waals surface area contributed by atoms with Crippen molar-refractivity contribution in [3.8, 4) is 16.9 Å². The lowest BCUT2D eigenvalue weighted by molar-refractivity contribution is -0.137. The number of pyridine rings is 1. The highest BCUT2D eigenvalue weighted by molar-refractivity contribution is 5.65. The number of aromatic hydroxyl groups is 1. The van der Waals surface area contributed by atoms with Gasteiger partial charge in [0, 0.05) is 12.4 Å². The third-order valence-electron chi connectivity index (χ3n) is 2.26. The molecule has 0 aliphatic rings. The molecule has 2 rings (SSSR count). The van der Waals surface area contributed by atoms with Gasteiger partial charge in [-0.2, -0.15) is 13.2 Å². The maximum atomic E-state index is 12.5. The number of nitrogens with zero attached hydrogens (tertiary/aromatic N) is 1. The molecule has 0 fully saturated rings. The molecule has 1 aromatic heterocycles. The van der Waals surface area contributed by atoms with Crippen molar-refractivity contribution in [1.82, 2.24) is 4.98 Å². The summed E-state index contributed by atoms with van der Waals surface area (Å²) in [5, 5.41) is 9.30. The van der Waals surface area contributed by atoms with Crippen molar-refractivity contribution >= 4 is 0 Å². The summed E-state index contributed by atoms with van der Waals surface area (Å²) in [6.07, 6.45) is -1.51. The summed E-state index contributed by atoms with van der Waals surface area (Å²) in [6.45, 7) is 0. The second kappa shape index (κ2) is 4.08. The van der Waals surface area contributed by atoms with E-state index in [4.69, 9.17) is 0 Å². The normalized spacial score (nSPS) is 11.5. The number of halogens is 3. The third-order valence-corrected chi connectivity index (χ3v) is 2.26. The summed E-state index contributed by atoms with van der Waals surface area (Å²) in [4.78, 5) is 3.78. The van der Waals surface area contributed by atoms with Gasteiger partial charge in [-0.05, 0) is 41.5 Å². The number of hydrogen-bond acceptors (Lipinski definition) is 2. The Bertz CT molecular complexity index is 523. The maximum absolute atomic E-state index is 12.5. The van der Waals surface area contributed by atoms with Gasteiger partial charge in [0.2, 0.25) is 0 Å². The second-order valence-electron chi connectivity index (χ2n) is 3.50. The number of phenolic OH excluding ortho intramolecular Hbond substituents is 1. The first kappa shape index (κ1) is 11.4. The predicted octanol–water partition coefficient (Wildman–Crippen LogP) is 3.47. The van der Waals surface area contributed by atoms with E-state index in [0.717, 1.165) is 6.07 Å². The van der Waals surface area contributed by atoms with Gasteiger partial charge in [0.25, 0.3) is 0 Å². The SMILES string of the molecule is Oc1cc(-c2ccncc2)cc(C(F)(F)F)c1. The lowest BCUT2D eigenvalue weighted by Gasteiger charge is -2.09. The highest BCUT2D eigenvalue weighted by Crippen LogP contribution is 2.34. The van der Waals surface area contributed by atoms with E-state index in [0.29, 0.717) is 17.2 Å². The first-order chi connectivity index (χ1) is 7.97. The molecule has 0 saturated heterocycles. The summed E-state index contributed by atoms with van der Waals surface area (Å²) in [5.74, 6) is -0.411. The van der Waals surface area contributed by atoms with E-state index in [9.17, 15) is 18.3 Å². The van der Waals surface area contributed by atoms with Crippen LogP contribution in [0.15, 0.2) is 42.7 Å². The van der Waals surface area contributed by atoms with Crippen LogP contribution in [-0.2, 0) is 6.18 Å². The van der Waals surface area contributed by atoms with Crippen LogP contribution < -0.4 is 0 Å². The van der Waals surface area contributed by atoms with Crippen molar-refractivity contribution in [1.29, 1.82) is 0 Å². The number of aromatic nitrogens is 1. The summed E-state index contributed by atoms with van der Waals surface area (Å²) >= 11 is 0. The van der Waals surface area contributed by atoms with Gasteiger partial charge in [0.15, 0.2) is 0 Å². The molecule has 0 atom stereocenters. The lowest BCUT2D eigenvalue weighted by atomic mass is 10.0. The lowest BCUT2D eigenvalue weighted by Crippen LogP contribution is -2.04. The van der Waals surface area contributed by atoms with Crippen LogP contribution in [-0.4, -0.2) is 10.1 Å². The Morgan fingerprint density at radius 3 is 2.18 bits per heavy atom. The standard InChI is InChI=1S/C12H8F3NO/c13-12(14,15)10-5-9(6-11(17)7-10)8-1-3-16-4-2-8/h1-7,17H. The minimum atomic E-state index is -4.47. The molecule has 1 heterocycles. The second-order valence-corrected chi connectivity index (χ2v) is 3.50. The van der Waals surface area contributed by atoms with Crippen molar-refractivity contribution in [2.24, 2.45) is 0 Å². The van der Waals surface area contributed by atoms with Crippen LogP contribution in [0.3, 0.4) is 0 Å². The van der Waals surface area contributed by atoms with Gasteiger partial charge < -0.3 is 5.11 Å². The molecule has 88 valence electrons. The first-order valence-corrected chi connectivity index (χ1v) is 4.78. The third kappa shape index (κ3) is 2.55. The Labute approximate surface area is 95.4 Å². The largest absolute Gasteiger partial charge is 0.508 e. The molecule has 0 spiro atoms. The molecule has 17 heavy (non-hydrogen) atoms. The van der Waals surface area contributed by atoms with Crippen LogP contribution in [0.4, 0.5) is 13.2 Å². The number of rotatable bonds is 1.